The first-order chi connectivity index (χ1) is 12.5. The standard InChI is InChI=1S/C18H16Cl2N4O2/c1-11-17(22-21-15-10-13(20)6-9-16(15)25-2)18(26-3)24(23-11)14-7-4-12(19)5-8-14/h4-10H,1-3H3. The zero-order valence-corrected chi connectivity index (χ0v) is 15.9. The Balaban J connectivity index is 2.03. The fourth-order valence-electron chi connectivity index (χ4n) is 2.40. The third kappa shape index (κ3) is 3.66. The molecule has 0 unspecified atom stereocenters. The van der Waals surface area contributed by atoms with Crippen molar-refractivity contribution in [2.75, 3.05) is 14.2 Å². The van der Waals surface area contributed by atoms with Crippen molar-refractivity contribution in [2.24, 2.45) is 10.2 Å². The lowest BCUT2D eigenvalue weighted by molar-refractivity contribution is 0.384. The van der Waals surface area contributed by atoms with E-state index in [1.54, 1.807) is 49.2 Å². The van der Waals surface area contributed by atoms with Gasteiger partial charge in [0.05, 0.1) is 25.6 Å². The van der Waals surface area contributed by atoms with Crippen LogP contribution in [0.3, 0.4) is 0 Å². The summed E-state index contributed by atoms with van der Waals surface area (Å²) in [4.78, 5) is 0. The molecular weight excluding hydrogens is 375 g/mol. The number of hydrogen-bond donors (Lipinski definition) is 0. The summed E-state index contributed by atoms with van der Waals surface area (Å²) in [6, 6.07) is 12.4. The molecule has 0 bridgehead atoms. The van der Waals surface area contributed by atoms with E-state index in [-0.39, 0.29) is 0 Å². The van der Waals surface area contributed by atoms with E-state index in [0.717, 1.165) is 5.69 Å². The number of aryl methyl sites for hydroxylation is 1. The summed E-state index contributed by atoms with van der Waals surface area (Å²) in [5.41, 5.74) is 2.50. The van der Waals surface area contributed by atoms with E-state index in [2.05, 4.69) is 15.3 Å². The van der Waals surface area contributed by atoms with Gasteiger partial charge in [-0.3, -0.25) is 0 Å². The molecule has 0 atom stereocenters. The Morgan fingerprint density at radius 3 is 2.27 bits per heavy atom. The predicted molar refractivity (Wildman–Crippen MR) is 102 cm³/mol. The van der Waals surface area contributed by atoms with E-state index in [4.69, 9.17) is 32.7 Å². The van der Waals surface area contributed by atoms with E-state index in [0.29, 0.717) is 38.7 Å². The summed E-state index contributed by atoms with van der Waals surface area (Å²) in [6.45, 7) is 1.83. The van der Waals surface area contributed by atoms with Crippen LogP contribution in [0, 0.1) is 6.92 Å². The Hall–Kier alpha value is -2.57. The maximum absolute atomic E-state index is 6.03. The number of benzene rings is 2. The van der Waals surface area contributed by atoms with Crippen LogP contribution in [0.5, 0.6) is 11.6 Å². The Morgan fingerprint density at radius 2 is 1.62 bits per heavy atom. The zero-order chi connectivity index (χ0) is 18.7. The van der Waals surface area contributed by atoms with Crippen LogP contribution < -0.4 is 9.47 Å². The molecule has 26 heavy (non-hydrogen) atoms. The lowest BCUT2D eigenvalue weighted by Crippen LogP contribution is -1.99. The lowest BCUT2D eigenvalue weighted by Gasteiger charge is -2.06. The Morgan fingerprint density at radius 1 is 0.923 bits per heavy atom. The quantitative estimate of drug-likeness (QED) is 0.507. The van der Waals surface area contributed by atoms with Crippen LogP contribution in [0.4, 0.5) is 11.4 Å². The van der Waals surface area contributed by atoms with E-state index in [9.17, 15) is 0 Å². The second kappa shape index (κ2) is 7.76. The average Bonchev–Trinajstić information content (AvgIpc) is 2.96. The molecule has 1 heterocycles. The van der Waals surface area contributed by atoms with Crippen LogP contribution in [0.25, 0.3) is 5.69 Å². The minimum atomic E-state index is 0.467. The highest BCUT2D eigenvalue weighted by atomic mass is 35.5. The molecule has 0 fully saturated rings. The van der Waals surface area contributed by atoms with Gasteiger partial charge in [-0.2, -0.15) is 9.78 Å². The number of nitrogens with zero attached hydrogens (tertiary/aromatic N) is 4. The summed E-state index contributed by atoms with van der Waals surface area (Å²) < 4.78 is 12.4. The van der Waals surface area contributed by atoms with E-state index in [1.807, 2.05) is 19.1 Å². The predicted octanol–water partition coefficient (Wildman–Crippen LogP) is 5.92. The van der Waals surface area contributed by atoms with Gasteiger partial charge in [-0.15, -0.1) is 10.2 Å². The maximum atomic E-state index is 6.03. The normalized spacial score (nSPS) is 11.1. The van der Waals surface area contributed by atoms with Crippen LogP contribution in [0.2, 0.25) is 10.0 Å². The molecule has 8 heteroatoms. The first-order valence-corrected chi connectivity index (χ1v) is 8.44. The van der Waals surface area contributed by atoms with Crippen molar-refractivity contribution >= 4 is 34.6 Å². The third-order valence-electron chi connectivity index (χ3n) is 3.65. The highest BCUT2D eigenvalue weighted by Crippen LogP contribution is 2.37. The summed E-state index contributed by atoms with van der Waals surface area (Å²) in [7, 11) is 3.12. The highest BCUT2D eigenvalue weighted by molar-refractivity contribution is 6.31. The number of ether oxygens (including phenoxy) is 2. The SMILES string of the molecule is COc1ccc(Cl)cc1N=Nc1c(C)nn(-c2ccc(Cl)cc2)c1OC. The first-order valence-electron chi connectivity index (χ1n) is 7.68. The van der Waals surface area contributed by atoms with E-state index in [1.165, 1.54) is 0 Å². The molecule has 0 spiro atoms. The zero-order valence-electron chi connectivity index (χ0n) is 14.4. The molecule has 0 aliphatic heterocycles. The van der Waals surface area contributed by atoms with Gasteiger partial charge in [0.2, 0.25) is 5.88 Å². The van der Waals surface area contributed by atoms with Gasteiger partial charge in [-0.1, -0.05) is 23.2 Å². The van der Waals surface area contributed by atoms with Crippen molar-refractivity contribution in [3.63, 3.8) is 0 Å². The molecule has 0 saturated heterocycles. The molecule has 6 nitrogen and oxygen atoms in total. The molecule has 3 aromatic rings. The number of hydrogen-bond acceptors (Lipinski definition) is 5. The van der Waals surface area contributed by atoms with Crippen LogP contribution in [-0.4, -0.2) is 24.0 Å². The summed E-state index contributed by atoms with van der Waals surface area (Å²) in [6.07, 6.45) is 0. The lowest BCUT2D eigenvalue weighted by atomic mass is 10.3. The van der Waals surface area contributed by atoms with Gasteiger partial charge in [0, 0.05) is 10.0 Å². The van der Waals surface area contributed by atoms with Crippen molar-refractivity contribution in [1.29, 1.82) is 0 Å². The Bertz CT molecular complexity index is 953. The molecule has 0 N–H and O–H groups in total. The largest absolute Gasteiger partial charge is 0.494 e. The second-order valence-corrected chi connectivity index (χ2v) is 6.22. The van der Waals surface area contributed by atoms with Crippen LogP contribution in [-0.2, 0) is 0 Å². The molecule has 0 radical (unpaired) electrons. The van der Waals surface area contributed by atoms with E-state index < -0.39 is 0 Å². The molecular formula is C18H16Cl2N4O2. The highest BCUT2D eigenvalue weighted by Gasteiger charge is 2.17. The molecule has 134 valence electrons. The number of aromatic nitrogens is 2. The van der Waals surface area contributed by atoms with Crippen molar-refractivity contribution < 1.29 is 9.47 Å². The summed E-state index contributed by atoms with van der Waals surface area (Å²) in [5.74, 6) is 1.04. The van der Waals surface area contributed by atoms with Crippen LogP contribution >= 0.6 is 23.2 Å². The smallest absolute Gasteiger partial charge is 0.245 e. The number of azo groups is 1. The fraction of sp³-hybridized carbons (Fsp3) is 0.167. The molecule has 2 aromatic carbocycles. The van der Waals surface area contributed by atoms with Gasteiger partial charge < -0.3 is 9.47 Å². The number of methoxy groups -OCH3 is 2. The summed E-state index contributed by atoms with van der Waals surface area (Å²) in [5, 5.41) is 14.2. The average molecular weight is 391 g/mol. The van der Waals surface area contributed by atoms with Gasteiger partial charge in [0.25, 0.3) is 0 Å². The molecule has 0 saturated carbocycles. The Labute approximate surface area is 161 Å². The van der Waals surface area contributed by atoms with Gasteiger partial charge in [-0.05, 0) is 49.4 Å². The van der Waals surface area contributed by atoms with Gasteiger partial charge in [-0.25, -0.2) is 0 Å². The fourth-order valence-corrected chi connectivity index (χ4v) is 2.69. The van der Waals surface area contributed by atoms with Gasteiger partial charge in [0.1, 0.15) is 11.4 Å². The van der Waals surface area contributed by atoms with Crippen LogP contribution in [0.15, 0.2) is 52.7 Å². The molecule has 1 aromatic heterocycles. The minimum Gasteiger partial charge on any atom is -0.494 e. The molecule has 0 aliphatic rings. The van der Waals surface area contributed by atoms with E-state index >= 15 is 0 Å². The maximum Gasteiger partial charge on any atom is 0.245 e. The molecule has 0 amide bonds. The summed E-state index contributed by atoms with van der Waals surface area (Å²) >= 11 is 12.0. The minimum absolute atomic E-state index is 0.467. The third-order valence-corrected chi connectivity index (χ3v) is 4.14. The molecule has 3 rings (SSSR count). The molecule has 0 aliphatic carbocycles. The topological polar surface area (TPSA) is 61.0 Å². The van der Waals surface area contributed by atoms with Crippen molar-refractivity contribution in [2.45, 2.75) is 6.92 Å². The number of rotatable bonds is 5. The van der Waals surface area contributed by atoms with Gasteiger partial charge in [0.15, 0.2) is 5.69 Å². The van der Waals surface area contributed by atoms with Crippen molar-refractivity contribution in [3.8, 4) is 17.3 Å². The number of halogens is 2. The van der Waals surface area contributed by atoms with Crippen molar-refractivity contribution in [3.05, 3.63) is 58.2 Å². The second-order valence-electron chi connectivity index (χ2n) is 5.35. The Kier molecular flexibility index (Phi) is 5.44. The van der Waals surface area contributed by atoms with Crippen LogP contribution in [0.1, 0.15) is 5.69 Å². The first kappa shape index (κ1) is 18.2. The van der Waals surface area contributed by atoms with Gasteiger partial charge >= 0.3 is 0 Å². The van der Waals surface area contributed by atoms with Crippen molar-refractivity contribution in [1.82, 2.24) is 9.78 Å². The monoisotopic (exact) mass is 390 g/mol.